The average molecular weight is 231 g/mol. The molecule has 0 aromatic rings. The zero-order valence-corrected chi connectivity index (χ0v) is 10.2. The van der Waals surface area contributed by atoms with Crippen molar-refractivity contribution < 1.29 is 4.79 Å². The van der Waals surface area contributed by atoms with E-state index in [1.807, 2.05) is 4.90 Å². The van der Waals surface area contributed by atoms with E-state index < -0.39 is 0 Å². The van der Waals surface area contributed by atoms with Gasteiger partial charge in [0.25, 0.3) is 0 Å². The van der Waals surface area contributed by atoms with Crippen molar-refractivity contribution in [2.45, 2.75) is 18.6 Å². The van der Waals surface area contributed by atoms with Gasteiger partial charge in [-0.1, -0.05) is 6.92 Å². The van der Waals surface area contributed by atoms with Crippen molar-refractivity contribution in [2.24, 2.45) is 5.73 Å². The maximum atomic E-state index is 11.8. The highest BCUT2D eigenvalue weighted by atomic mass is 32.2. The van der Waals surface area contributed by atoms with Crippen LogP contribution in [0.2, 0.25) is 0 Å². The Labute approximate surface area is 96.0 Å². The van der Waals surface area contributed by atoms with Crippen molar-refractivity contribution in [1.82, 2.24) is 10.2 Å². The Bertz CT molecular complexity index is 193. The van der Waals surface area contributed by atoms with E-state index in [1.54, 1.807) is 11.8 Å². The van der Waals surface area contributed by atoms with Gasteiger partial charge >= 0.3 is 0 Å². The van der Waals surface area contributed by atoms with Crippen LogP contribution in [-0.2, 0) is 4.79 Å². The Morgan fingerprint density at radius 1 is 1.53 bits per heavy atom. The second-order valence-electron chi connectivity index (χ2n) is 3.84. The molecule has 1 aliphatic heterocycles. The molecule has 1 fully saturated rings. The number of nitrogens with zero attached hydrogens (tertiary/aromatic N) is 1. The zero-order valence-electron chi connectivity index (χ0n) is 9.37. The molecule has 1 rings (SSSR count). The van der Waals surface area contributed by atoms with Crippen molar-refractivity contribution in [3.8, 4) is 0 Å². The van der Waals surface area contributed by atoms with Crippen LogP contribution >= 0.6 is 11.8 Å². The van der Waals surface area contributed by atoms with Gasteiger partial charge in [-0.15, -0.1) is 11.8 Å². The van der Waals surface area contributed by atoms with E-state index >= 15 is 0 Å². The van der Waals surface area contributed by atoms with E-state index in [-0.39, 0.29) is 5.91 Å². The summed E-state index contributed by atoms with van der Waals surface area (Å²) in [6, 6.07) is 0. The number of nitrogens with one attached hydrogen (secondary N) is 1. The lowest BCUT2D eigenvalue weighted by Crippen LogP contribution is -2.35. The lowest BCUT2D eigenvalue weighted by molar-refractivity contribution is -0.128. The smallest absolute Gasteiger partial charge is 0.232 e. The van der Waals surface area contributed by atoms with Crippen LogP contribution in [-0.4, -0.2) is 54.5 Å². The number of carbonyl (C=O) groups is 1. The van der Waals surface area contributed by atoms with E-state index in [4.69, 9.17) is 5.73 Å². The molecule has 15 heavy (non-hydrogen) atoms. The first kappa shape index (κ1) is 12.8. The summed E-state index contributed by atoms with van der Waals surface area (Å²) in [5, 5.41) is 3.66. The van der Waals surface area contributed by atoms with Gasteiger partial charge in [0.1, 0.15) is 0 Å². The Balaban J connectivity index is 2.25. The summed E-state index contributed by atoms with van der Waals surface area (Å²) in [4.78, 5) is 13.8. The highest BCUT2D eigenvalue weighted by Crippen LogP contribution is 2.10. The van der Waals surface area contributed by atoms with Crippen molar-refractivity contribution in [3.05, 3.63) is 0 Å². The standard InChI is InChI=1S/C10H21N3OS/c1-9(7-11)15-8-10(14)13-5-2-3-12-4-6-13/h9,12H,2-8,11H2,1H3. The highest BCUT2D eigenvalue weighted by molar-refractivity contribution is 8.00. The van der Waals surface area contributed by atoms with Crippen LogP contribution < -0.4 is 11.1 Å². The fraction of sp³-hybridized carbons (Fsp3) is 0.900. The fourth-order valence-electron chi connectivity index (χ4n) is 1.47. The molecule has 0 aromatic carbocycles. The molecule has 0 saturated carbocycles. The number of hydrogen-bond donors (Lipinski definition) is 2. The Morgan fingerprint density at radius 2 is 2.33 bits per heavy atom. The summed E-state index contributed by atoms with van der Waals surface area (Å²) in [5.74, 6) is 0.822. The second kappa shape index (κ2) is 7.09. The minimum atomic E-state index is 0.254. The number of rotatable bonds is 4. The first-order valence-electron chi connectivity index (χ1n) is 5.54. The molecular formula is C10H21N3OS. The van der Waals surface area contributed by atoms with Gasteiger partial charge in [-0.2, -0.15) is 0 Å². The van der Waals surface area contributed by atoms with Crippen LogP contribution in [0, 0.1) is 0 Å². The summed E-state index contributed by atoms with van der Waals surface area (Å²) in [6.07, 6.45) is 1.06. The molecule has 1 unspecified atom stereocenters. The predicted molar refractivity (Wildman–Crippen MR) is 65.0 cm³/mol. The number of nitrogens with two attached hydrogens (primary N) is 1. The average Bonchev–Trinajstić information content (AvgIpc) is 2.53. The van der Waals surface area contributed by atoms with Gasteiger partial charge in [0.15, 0.2) is 0 Å². The summed E-state index contributed by atoms with van der Waals surface area (Å²) in [5.41, 5.74) is 5.51. The fourth-order valence-corrected chi connectivity index (χ4v) is 2.21. The van der Waals surface area contributed by atoms with Crippen LogP contribution in [0.4, 0.5) is 0 Å². The van der Waals surface area contributed by atoms with Gasteiger partial charge in [0, 0.05) is 31.4 Å². The van der Waals surface area contributed by atoms with Gasteiger partial charge in [-0.3, -0.25) is 4.79 Å². The molecule has 88 valence electrons. The Morgan fingerprint density at radius 3 is 3.07 bits per heavy atom. The molecule has 5 heteroatoms. The number of carbonyl (C=O) groups excluding carboxylic acids is 1. The molecule has 1 heterocycles. The van der Waals surface area contributed by atoms with Gasteiger partial charge in [-0.25, -0.2) is 0 Å². The number of thioether (sulfide) groups is 1. The molecule has 1 aliphatic rings. The molecule has 3 N–H and O–H groups in total. The topological polar surface area (TPSA) is 58.4 Å². The quantitative estimate of drug-likeness (QED) is 0.709. The third-order valence-corrected chi connectivity index (χ3v) is 3.69. The lowest BCUT2D eigenvalue weighted by atomic mass is 10.4. The molecule has 0 bridgehead atoms. The predicted octanol–water partition coefficient (Wildman–Crippen LogP) is -0.111. The van der Waals surface area contributed by atoms with Crippen LogP contribution in [0.25, 0.3) is 0 Å². The maximum Gasteiger partial charge on any atom is 0.232 e. The molecule has 1 atom stereocenters. The second-order valence-corrected chi connectivity index (χ2v) is 5.27. The molecule has 1 saturated heterocycles. The summed E-state index contributed by atoms with van der Waals surface area (Å²) in [6.45, 7) is 6.38. The molecule has 4 nitrogen and oxygen atoms in total. The SMILES string of the molecule is CC(CN)SCC(=O)N1CCCNCC1. The van der Waals surface area contributed by atoms with Gasteiger partial charge < -0.3 is 16.0 Å². The van der Waals surface area contributed by atoms with Gasteiger partial charge in [0.05, 0.1) is 5.75 Å². The molecule has 0 spiro atoms. The lowest BCUT2D eigenvalue weighted by Gasteiger charge is -2.20. The highest BCUT2D eigenvalue weighted by Gasteiger charge is 2.15. The first-order valence-corrected chi connectivity index (χ1v) is 6.59. The minimum absolute atomic E-state index is 0.254. The Hall–Kier alpha value is -0.260. The van der Waals surface area contributed by atoms with E-state index in [2.05, 4.69) is 12.2 Å². The third-order valence-electron chi connectivity index (χ3n) is 2.52. The summed E-state index contributed by atoms with van der Waals surface area (Å²) < 4.78 is 0. The number of hydrogen-bond acceptors (Lipinski definition) is 4. The van der Waals surface area contributed by atoms with Crippen LogP contribution in [0.3, 0.4) is 0 Å². The van der Waals surface area contributed by atoms with Crippen molar-refractivity contribution in [2.75, 3.05) is 38.5 Å². The van der Waals surface area contributed by atoms with E-state index in [1.165, 1.54) is 0 Å². The monoisotopic (exact) mass is 231 g/mol. The van der Waals surface area contributed by atoms with Gasteiger partial charge in [-0.05, 0) is 13.0 Å². The van der Waals surface area contributed by atoms with Crippen molar-refractivity contribution in [1.29, 1.82) is 0 Å². The van der Waals surface area contributed by atoms with Crippen LogP contribution in [0.15, 0.2) is 0 Å². The third kappa shape index (κ3) is 4.86. The number of amides is 1. The molecule has 1 amide bonds. The van der Waals surface area contributed by atoms with E-state index in [9.17, 15) is 4.79 Å². The Kier molecular flexibility index (Phi) is 6.05. The minimum Gasteiger partial charge on any atom is -0.341 e. The first-order chi connectivity index (χ1) is 7.24. The van der Waals surface area contributed by atoms with E-state index in [0.29, 0.717) is 17.5 Å². The molecule has 0 aromatic heterocycles. The molecule has 0 aliphatic carbocycles. The molecule has 0 radical (unpaired) electrons. The van der Waals surface area contributed by atoms with E-state index in [0.717, 1.165) is 32.6 Å². The van der Waals surface area contributed by atoms with Crippen LogP contribution in [0.1, 0.15) is 13.3 Å². The van der Waals surface area contributed by atoms with Crippen molar-refractivity contribution in [3.63, 3.8) is 0 Å². The van der Waals surface area contributed by atoms with Gasteiger partial charge in [0.2, 0.25) is 5.91 Å². The van der Waals surface area contributed by atoms with Crippen LogP contribution in [0.5, 0.6) is 0 Å². The maximum absolute atomic E-state index is 11.8. The normalized spacial score (nSPS) is 19.7. The summed E-state index contributed by atoms with van der Waals surface area (Å²) >= 11 is 1.65. The summed E-state index contributed by atoms with van der Waals surface area (Å²) in [7, 11) is 0. The molecular weight excluding hydrogens is 210 g/mol. The zero-order chi connectivity index (χ0) is 11.1. The van der Waals surface area contributed by atoms with Crippen molar-refractivity contribution >= 4 is 17.7 Å². The largest absolute Gasteiger partial charge is 0.341 e.